The van der Waals surface area contributed by atoms with Crippen LogP contribution >= 0.6 is 0 Å². The molecule has 1 N–H and O–H groups in total. The number of fused-ring (bicyclic) bond motifs is 1. The third kappa shape index (κ3) is 3.14. The molecular weight excluding hydrogens is 234 g/mol. The van der Waals surface area contributed by atoms with Crippen molar-refractivity contribution >= 4 is 0 Å². The maximum absolute atomic E-state index is 3.84. The predicted octanol–water partition coefficient (Wildman–Crippen LogP) is 2.08. The molecule has 2 unspecified atom stereocenters. The lowest BCUT2D eigenvalue weighted by Crippen LogP contribution is -2.59. The molecule has 2 atom stereocenters. The minimum absolute atomic E-state index is 0.450. The molecule has 3 aliphatic heterocycles. The van der Waals surface area contributed by atoms with Crippen LogP contribution in [0.25, 0.3) is 0 Å². The summed E-state index contributed by atoms with van der Waals surface area (Å²) in [4.78, 5) is 5.51. The quantitative estimate of drug-likeness (QED) is 0.839. The van der Waals surface area contributed by atoms with Crippen molar-refractivity contribution in [2.24, 2.45) is 0 Å². The highest BCUT2D eigenvalue weighted by Gasteiger charge is 2.37. The average molecular weight is 265 g/mol. The number of hydrogen-bond acceptors (Lipinski definition) is 3. The fourth-order valence-electron chi connectivity index (χ4n) is 4.57. The molecule has 0 aromatic rings. The van der Waals surface area contributed by atoms with E-state index in [9.17, 15) is 0 Å². The highest BCUT2D eigenvalue weighted by Crippen LogP contribution is 2.28. The predicted molar refractivity (Wildman–Crippen MR) is 80.5 cm³/mol. The Morgan fingerprint density at radius 1 is 1.16 bits per heavy atom. The van der Waals surface area contributed by atoms with E-state index in [1.807, 2.05) is 0 Å². The van der Waals surface area contributed by atoms with Gasteiger partial charge in [0.15, 0.2) is 0 Å². The highest BCUT2D eigenvalue weighted by molar-refractivity contribution is 4.97. The first-order chi connectivity index (χ1) is 9.31. The largest absolute Gasteiger partial charge is 0.310 e. The Kier molecular flexibility index (Phi) is 4.45. The monoisotopic (exact) mass is 265 g/mol. The van der Waals surface area contributed by atoms with Gasteiger partial charge in [-0.3, -0.25) is 9.80 Å². The van der Waals surface area contributed by atoms with E-state index in [1.165, 1.54) is 84.2 Å². The van der Waals surface area contributed by atoms with Crippen LogP contribution in [0.3, 0.4) is 0 Å². The first-order valence-corrected chi connectivity index (χ1v) is 8.53. The van der Waals surface area contributed by atoms with E-state index in [0.29, 0.717) is 5.54 Å². The van der Waals surface area contributed by atoms with Gasteiger partial charge in [-0.25, -0.2) is 0 Å². The standard InChI is InChI=1S/C16H31N3/c1-2-7-16(8-5-9-17-16)14-18-11-12-19-10-4-3-6-15(19)13-18/h15,17H,2-14H2,1H3. The van der Waals surface area contributed by atoms with Gasteiger partial charge in [0.1, 0.15) is 0 Å². The van der Waals surface area contributed by atoms with Gasteiger partial charge in [0, 0.05) is 37.8 Å². The molecule has 3 nitrogen and oxygen atoms in total. The molecule has 0 amide bonds. The maximum Gasteiger partial charge on any atom is 0.0309 e. The van der Waals surface area contributed by atoms with E-state index in [4.69, 9.17) is 0 Å². The third-order valence-corrected chi connectivity index (χ3v) is 5.51. The molecule has 0 aromatic carbocycles. The van der Waals surface area contributed by atoms with Gasteiger partial charge in [-0.2, -0.15) is 0 Å². The number of piperazine rings is 1. The second kappa shape index (κ2) is 6.11. The van der Waals surface area contributed by atoms with Crippen molar-refractivity contribution in [3.05, 3.63) is 0 Å². The lowest BCUT2D eigenvalue weighted by atomic mass is 9.90. The lowest BCUT2D eigenvalue weighted by Gasteiger charge is -2.46. The number of nitrogens with zero attached hydrogens (tertiary/aromatic N) is 2. The summed E-state index contributed by atoms with van der Waals surface area (Å²) in [7, 11) is 0. The molecule has 0 bridgehead atoms. The molecular formula is C16H31N3. The molecule has 3 heterocycles. The minimum Gasteiger partial charge on any atom is -0.310 e. The fraction of sp³-hybridized carbons (Fsp3) is 1.00. The van der Waals surface area contributed by atoms with E-state index in [-0.39, 0.29) is 0 Å². The van der Waals surface area contributed by atoms with Crippen LogP contribution < -0.4 is 5.32 Å². The molecule has 19 heavy (non-hydrogen) atoms. The Balaban J connectivity index is 1.57. The molecule has 0 saturated carbocycles. The molecule has 3 aliphatic rings. The van der Waals surface area contributed by atoms with Crippen LogP contribution in [-0.4, -0.2) is 60.6 Å². The summed E-state index contributed by atoms with van der Waals surface area (Å²) in [5.74, 6) is 0. The SMILES string of the molecule is CCCC1(CN2CCN3CCCCC3C2)CCCN1. The summed E-state index contributed by atoms with van der Waals surface area (Å²) in [6.07, 6.45) is 9.76. The van der Waals surface area contributed by atoms with Gasteiger partial charge in [0.2, 0.25) is 0 Å². The zero-order valence-corrected chi connectivity index (χ0v) is 12.7. The zero-order valence-electron chi connectivity index (χ0n) is 12.7. The van der Waals surface area contributed by atoms with Crippen molar-refractivity contribution in [1.29, 1.82) is 0 Å². The Morgan fingerprint density at radius 2 is 2.11 bits per heavy atom. The van der Waals surface area contributed by atoms with Crippen molar-refractivity contribution in [2.75, 3.05) is 39.3 Å². The molecule has 0 radical (unpaired) electrons. The van der Waals surface area contributed by atoms with Crippen molar-refractivity contribution in [3.63, 3.8) is 0 Å². The second-order valence-electron chi connectivity index (χ2n) is 6.98. The van der Waals surface area contributed by atoms with E-state index < -0.39 is 0 Å². The average Bonchev–Trinajstić information content (AvgIpc) is 2.87. The lowest BCUT2D eigenvalue weighted by molar-refractivity contribution is 0.0348. The summed E-state index contributed by atoms with van der Waals surface area (Å²) in [5, 5.41) is 3.84. The van der Waals surface area contributed by atoms with Crippen molar-refractivity contribution in [2.45, 2.75) is 63.5 Å². The van der Waals surface area contributed by atoms with E-state index in [0.717, 1.165) is 6.04 Å². The van der Waals surface area contributed by atoms with Crippen molar-refractivity contribution in [3.8, 4) is 0 Å². The van der Waals surface area contributed by atoms with Gasteiger partial charge in [-0.15, -0.1) is 0 Å². The van der Waals surface area contributed by atoms with Gasteiger partial charge < -0.3 is 5.32 Å². The van der Waals surface area contributed by atoms with Gasteiger partial charge >= 0.3 is 0 Å². The van der Waals surface area contributed by atoms with Crippen LogP contribution in [0.5, 0.6) is 0 Å². The molecule has 3 rings (SSSR count). The summed E-state index contributed by atoms with van der Waals surface area (Å²) in [6, 6.07) is 0.863. The normalized spacial score (nSPS) is 37.4. The Morgan fingerprint density at radius 3 is 2.89 bits per heavy atom. The van der Waals surface area contributed by atoms with Crippen molar-refractivity contribution in [1.82, 2.24) is 15.1 Å². The van der Waals surface area contributed by atoms with Crippen LogP contribution in [0, 0.1) is 0 Å². The topological polar surface area (TPSA) is 18.5 Å². The Labute approximate surface area is 118 Å². The van der Waals surface area contributed by atoms with E-state index in [2.05, 4.69) is 22.0 Å². The first kappa shape index (κ1) is 13.8. The Bertz CT molecular complexity index is 286. The van der Waals surface area contributed by atoms with E-state index >= 15 is 0 Å². The minimum atomic E-state index is 0.450. The van der Waals surface area contributed by atoms with Crippen LogP contribution in [0.1, 0.15) is 51.9 Å². The fourth-order valence-corrected chi connectivity index (χ4v) is 4.57. The summed E-state index contributed by atoms with van der Waals surface area (Å²) >= 11 is 0. The second-order valence-corrected chi connectivity index (χ2v) is 6.98. The summed E-state index contributed by atoms with van der Waals surface area (Å²) in [5.41, 5.74) is 0.450. The van der Waals surface area contributed by atoms with Crippen LogP contribution in [0.15, 0.2) is 0 Å². The van der Waals surface area contributed by atoms with Crippen LogP contribution in [0.2, 0.25) is 0 Å². The first-order valence-electron chi connectivity index (χ1n) is 8.53. The molecule has 0 aromatic heterocycles. The number of nitrogens with one attached hydrogen (secondary N) is 1. The summed E-state index contributed by atoms with van der Waals surface area (Å²) < 4.78 is 0. The van der Waals surface area contributed by atoms with Gasteiger partial charge in [-0.05, 0) is 45.2 Å². The van der Waals surface area contributed by atoms with Gasteiger partial charge in [0.05, 0.1) is 0 Å². The Hall–Kier alpha value is -0.120. The zero-order chi connectivity index (χ0) is 13.1. The molecule has 3 fully saturated rings. The molecule has 110 valence electrons. The summed E-state index contributed by atoms with van der Waals surface area (Å²) in [6.45, 7) is 10.2. The molecule has 0 spiro atoms. The van der Waals surface area contributed by atoms with Gasteiger partial charge in [-0.1, -0.05) is 19.8 Å². The molecule has 3 saturated heterocycles. The maximum atomic E-state index is 3.84. The molecule has 0 aliphatic carbocycles. The van der Waals surface area contributed by atoms with Crippen LogP contribution in [-0.2, 0) is 0 Å². The van der Waals surface area contributed by atoms with Gasteiger partial charge in [0.25, 0.3) is 0 Å². The van der Waals surface area contributed by atoms with E-state index in [1.54, 1.807) is 0 Å². The number of piperidine rings is 1. The third-order valence-electron chi connectivity index (χ3n) is 5.51. The van der Waals surface area contributed by atoms with Crippen molar-refractivity contribution < 1.29 is 0 Å². The molecule has 3 heteroatoms. The van der Waals surface area contributed by atoms with Crippen LogP contribution in [0.4, 0.5) is 0 Å². The highest BCUT2D eigenvalue weighted by atomic mass is 15.3. The number of hydrogen-bond donors (Lipinski definition) is 1. The smallest absolute Gasteiger partial charge is 0.0309 e. The number of rotatable bonds is 4.